The molecule has 0 spiro atoms. The monoisotopic (exact) mass is 339 g/mol. The van der Waals surface area contributed by atoms with Gasteiger partial charge in [0.1, 0.15) is 0 Å². The number of rotatable bonds is 6. The van der Waals surface area contributed by atoms with E-state index in [-0.39, 0.29) is 30.3 Å². The Hall–Kier alpha value is -2.62. The third-order valence-electron chi connectivity index (χ3n) is 3.86. The van der Waals surface area contributed by atoms with Crippen molar-refractivity contribution >= 4 is 17.6 Å². The number of amides is 1. The SMILES string of the molecule is CC(C)(C)c1ccc(NC(=O)COC(=O)CCc2ccccc2)cc1. The van der Waals surface area contributed by atoms with Crippen molar-refractivity contribution in [2.75, 3.05) is 11.9 Å². The van der Waals surface area contributed by atoms with Crippen LogP contribution in [-0.4, -0.2) is 18.5 Å². The van der Waals surface area contributed by atoms with E-state index in [1.165, 1.54) is 5.56 Å². The van der Waals surface area contributed by atoms with Gasteiger partial charge in [0.05, 0.1) is 0 Å². The lowest BCUT2D eigenvalue weighted by atomic mass is 9.87. The topological polar surface area (TPSA) is 55.4 Å². The maximum absolute atomic E-state index is 11.9. The molecule has 4 nitrogen and oxygen atoms in total. The Labute approximate surface area is 149 Å². The summed E-state index contributed by atoms with van der Waals surface area (Å²) in [6.07, 6.45) is 0.868. The van der Waals surface area contributed by atoms with Crippen molar-refractivity contribution in [1.82, 2.24) is 0 Å². The van der Waals surface area contributed by atoms with Crippen LogP contribution in [0.1, 0.15) is 38.3 Å². The van der Waals surface area contributed by atoms with Gasteiger partial charge in [0.25, 0.3) is 5.91 Å². The first-order chi connectivity index (χ1) is 11.8. The first-order valence-corrected chi connectivity index (χ1v) is 8.44. The van der Waals surface area contributed by atoms with Gasteiger partial charge >= 0.3 is 5.97 Å². The molecule has 0 unspecified atom stereocenters. The van der Waals surface area contributed by atoms with Gasteiger partial charge in [-0.25, -0.2) is 0 Å². The maximum atomic E-state index is 11.9. The molecule has 2 rings (SSSR count). The number of anilines is 1. The van der Waals surface area contributed by atoms with Crippen LogP contribution in [0.15, 0.2) is 54.6 Å². The summed E-state index contributed by atoms with van der Waals surface area (Å²) in [4.78, 5) is 23.6. The predicted molar refractivity (Wildman–Crippen MR) is 99.5 cm³/mol. The molecule has 0 fully saturated rings. The molecule has 0 aliphatic carbocycles. The van der Waals surface area contributed by atoms with E-state index in [9.17, 15) is 9.59 Å². The molecule has 0 saturated heterocycles. The van der Waals surface area contributed by atoms with Gasteiger partial charge in [-0.1, -0.05) is 63.2 Å². The summed E-state index contributed by atoms with van der Waals surface area (Å²) in [6, 6.07) is 17.4. The Morgan fingerprint density at radius 3 is 2.20 bits per heavy atom. The van der Waals surface area contributed by atoms with E-state index in [0.717, 1.165) is 5.56 Å². The molecule has 0 aromatic heterocycles. The van der Waals surface area contributed by atoms with Gasteiger partial charge < -0.3 is 10.1 Å². The molecule has 0 atom stereocenters. The molecule has 25 heavy (non-hydrogen) atoms. The zero-order valence-corrected chi connectivity index (χ0v) is 15.0. The number of benzene rings is 2. The summed E-state index contributed by atoms with van der Waals surface area (Å²) < 4.78 is 5.02. The highest BCUT2D eigenvalue weighted by atomic mass is 16.5. The van der Waals surface area contributed by atoms with Crippen LogP contribution >= 0.6 is 0 Å². The highest BCUT2D eigenvalue weighted by Gasteiger charge is 2.13. The predicted octanol–water partition coefficient (Wildman–Crippen LogP) is 4.10. The summed E-state index contributed by atoms with van der Waals surface area (Å²) in [5, 5.41) is 2.73. The average Bonchev–Trinajstić information content (AvgIpc) is 2.59. The second-order valence-electron chi connectivity index (χ2n) is 7.02. The van der Waals surface area contributed by atoms with E-state index in [0.29, 0.717) is 12.1 Å². The Morgan fingerprint density at radius 2 is 1.60 bits per heavy atom. The van der Waals surface area contributed by atoms with Gasteiger partial charge in [0.15, 0.2) is 6.61 Å². The van der Waals surface area contributed by atoms with Gasteiger partial charge in [-0.3, -0.25) is 9.59 Å². The smallest absolute Gasteiger partial charge is 0.306 e. The molecule has 132 valence electrons. The molecule has 0 saturated carbocycles. The van der Waals surface area contributed by atoms with Crippen LogP contribution in [0.4, 0.5) is 5.69 Å². The van der Waals surface area contributed by atoms with E-state index in [1.807, 2.05) is 54.6 Å². The van der Waals surface area contributed by atoms with Crippen molar-refractivity contribution < 1.29 is 14.3 Å². The molecule has 1 N–H and O–H groups in total. The molecule has 1 amide bonds. The summed E-state index contributed by atoms with van der Waals surface area (Å²) in [6.45, 7) is 6.13. The fourth-order valence-corrected chi connectivity index (χ4v) is 2.36. The number of hydrogen-bond acceptors (Lipinski definition) is 3. The Kier molecular flexibility index (Phi) is 6.34. The second kappa shape index (κ2) is 8.47. The normalized spacial score (nSPS) is 11.0. The van der Waals surface area contributed by atoms with Crippen LogP contribution in [0.5, 0.6) is 0 Å². The number of aryl methyl sites for hydroxylation is 1. The highest BCUT2D eigenvalue weighted by molar-refractivity contribution is 5.92. The number of hydrogen-bond donors (Lipinski definition) is 1. The quantitative estimate of drug-likeness (QED) is 0.806. The van der Waals surface area contributed by atoms with Gasteiger partial charge in [-0.2, -0.15) is 0 Å². The first kappa shape index (κ1) is 18.7. The maximum Gasteiger partial charge on any atom is 0.306 e. The number of nitrogens with one attached hydrogen (secondary N) is 1. The van der Waals surface area contributed by atoms with E-state index in [2.05, 4.69) is 26.1 Å². The minimum atomic E-state index is -0.373. The van der Waals surface area contributed by atoms with Crippen molar-refractivity contribution in [2.24, 2.45) is 0 Å². The average molecular weight is 339 g/mol. The largest absolute Gasteiger partial charge is 0.456 e. The molecule has 0 bridgehead atoms. The zero-order chi connectivity index (χ0) is 18.3. The second-order valence-corrected chi connectivity index (χ2v) is 7.02. The lowest BCUT2D eigenvalue weighted by Gasteiger charge is -2.19. The third-order valence-corrected chi connectivity index (χ3v) is 3.86. The molecule has 0 aliphatic heterocycles. The summed E-state index contributed by atoms with van der Waals surface area (Å²) >= 11 is 0. The van der Waals surface area contributed by atoms with Gasteiger partial charge in [0, 0.05) is 12.1 Å². The van der Waals surface area contributed by atoms with Crippen molar-refractivity contribution in [2.45, 2.75) is 39.0 Å². The molecule has 0 heterocycles. The van der Waals surface area contributed by atoms with Crippen LogP contribution in [-0.2, 0) is 26.2 Å². The molecule has 0 aliphatic rings. The van der Waals surface area contributed by atoms with E-state index < -0.39 is 0 Å². The van der Waals surface area contributed by atoms with Crippen LogP contribution in [0.25, 0.3) is 0 Å². The standard InChI is InChI=1S/C21H25NO3/c1-21(2,3)17-10-12-18(13-11-17)22-19(23)15-25-20(24)14-9-16-7-5-4-6-8-16/h4-8,10-13H,9,14-15H2,1-3H3,(H,22,23). The number of ether oxygens (including phenoxy) is 1. The summed E-state index contributed by atoms with van der Waals surface area (Å²) in [5.41, 5.74) is 3.02. The fraction of sp³-hybridized carbons (Fsp3) is 0.333. The van der Waals surface area contributed by atoms with Gasteiger partial charge in [0.2, 0.25) is 0 Å². The van der Waals surface area contributed by atoms with Crippen molar-refractivity contribution in [3.05, 3.63) is 65.7 Å². The van der Waals surface area contributed by atoms with Crippen molar-refractivity contribution in [3.63, 3.8) is 0 Å². The molecule has 2 aromatic rings. The van der Waals surface area contributed by atoms with E-state index >= 15 is 0 Å². The number of esters is 1. The molecule has 4 heteroatoms. The van der Waals surface area contributed by atoms with E-state index in [4.69, 9.17) is 4.74 Å². The van der Waals surface area contributed by atoms with Crippen molar-refractivity contribution in [3.8, 4) is 0 Å². The molecular weight excluding hydrogens is 314 g/mol. The van der Waals surface area contributed by atoms with E-state index in [1.54, 1.807) is 0 Å². The first-order valence-electron chi connectivity index (χ1n) is 8.44. The fourth-order valence-electron chi connectivity index (χ4n) is 2.36. The van der Waals surface area contributed by atoms with Crippen molar-refractivity contribution in [1.29, 1.82) is 0 Å². The zero-order valence-electron chi connectivity index (χ0n) is 15.0. The van der Waals surface area contributed by atoms with Crippen LogP contribution in [0, 0.1) is 0 Å². The third kappa shape index (κ3) is 6.42. The van der Waals surface area contributed by atoms with Crippen LogP contribution < -0.4 is 5.32 Å². The summed E-state index contributed by atoms with van der Waals surface area (Å²) in [7, 11) is 0. The molecule has 0 radical (unpaired) electrons. The van der Waals surface area contributed by atoms with Crippen LogP contribution in [0.2, 0.25) is 0 Å². The van der Waals surface area contributed by atoms with Crippen LogP contribution in [0.3, 0.4) is 0 Å². The highest BCUT2D eigenvalue weighted by Crippen LogP contribution is 2.23. The number of carbonyl (C=O) groups is 2. The molecular formula is C21H25NO3. The minimum Gasteiger partial charge on any atom is -0.456 e. The molecule has 2 aromatic carbocycles. The Bertz CT molecular complexity index is 700. The lowest BCUT2D eigenvalue weighted by Crippen LogP contribution is -2.21. The Balaban J connectivity index is 1.74. The van der Waals surface area contributed by atoms with Gasteiger partial charge in [-0.05, 0) is 35.1 Å². The van der Waals surface area contributed by atoms with Gasteiger partial charge in [-0.15, -0.1) is 0 Å². The minimum absolute atomic E-state index is 0.0663. The lowest BCUT2D eigenvalue weighted by molar-refractivity contribution is -0.147. The Morgan fingerprint density at radius 1 is 0.960 bits per heavy atom. The number of carbonyl (C=O) groups excluding carboxylic acids is 2. The summed E-state index contributed by atoms with van der Waals surface area (Å²) in [5.74, 6) is -0.710.